The molecular weight excluding hydrogens is 308 g/mol. The summed E-state index contributed by atoms with van der Waals surface area (Å²) in [6.45, 7) is 7.34. The van der Waals surface area contributed by atoms with E-state index in [1.807, 2.05) is 12.3 Å². The highest BCUT2D eigenvalue weighted by atomic mass is 15.0. The topological polar surface area (TPSA) is 53.6 Å². The zero-order valence-electron chi connectivity index (χ0n) is 14.8. The second kappa shape index (κ2) is 5.88. The molecule has 0 aliphatic heterocycles. The van der Waals surface area contributed by atoms with Gasteiger partial charge in [0.15, 0.2) is 0 Å². The van der Waals surface area contributed by atoms with Gasteiger partial charge in [-0.2, -0.15) is 0 Å². The van der Waals surface area contributed by atoms with Crippen molar-refractivity contribution in [1.29, 1.82) is 0 Å². The van der Waals surface area contributed by atoms with Crippen LogP contribution in [0.25, 0.3) is 21.9 Å². The maximum absolute atomic E-state index is 4.74. The molecule has 126 valence electrons. The standard InChI is InChI=1S/C21H22N4/c1-21(2,3)16-6-7-17-19(11-16)25-20(13-23-17)24-12-14-4-5-15-8-9-22-18(15)10-14/h4-11,13,22H,12H2,1-3H3,(H,24,25). The average Bonchev–Trinajstić information content (AvgIpc) is 3.06. The summed E-state index contributed by atoms with van der Waals surface area (Å²) in [6.07, 6.45) is 3.76. The van der Waals surface area contributed by atoms with Crippen molar-refractivity contribution in [3.63, 3.8) is 0 Å². The van der Waals surface area contributed by atoms with Crippen LogP contribution in [0.2, 0.25) is 0 Å². The van der Waals surface area contributed by atoms with E-state index >= 15 is 0 Å². The van der Waals surface area contributed by atoms with Gasteiger partial charge in [0.1, 0.15) is 5.82 Å². The Bertz CT molecular complexity index is 1040. The third-order valence-electron chi connectivity index (χ3n) is 4.50. The molecule has 0 aliphatic carbocycles. The minimum atomic E-state index is 0.102. The van der Waals surface area contributed by atoms with Gasteiger partial charge in [0.2, 0.25) is 0 Å². The molecular formula is C21H22N4. The summed E-state index contributed by atoms with van der Waals surface area (Å²) >= 11 is 0. The van der Waals surface area contributed by atoms with Crippen molar-refractivity contribution in [2.75, 3.05) is 5.32 Å². The van der Waals surface area contributed by atoms with Crippen LogP contribution < -0.4 is 5.32 Å². The summed E-state index contributed by atoms with van der Waals surface area (Å²) in [5.74, 6) is 0.796. The first kappa shape index (κ1) is 15.6. The van der Waals surface area contributed by atoms with Crippen molar-refractivity contribution in [2.45, 2.75) is 32.7 Å². The zero-order chi connectivity index (χ0) is 17.4. The van der Waals surface area contributed by atoms with Gasteiger partial charge in [-0.25, -0.2) is 4.98 Å². The quantitative estimate of drug-likeness (QED) is 0.554. The molecule has 0 aliphatic rings. The average molecular weight is 330 g/mol. The molecule has 0 radical (unpaired) electrons. The van der Waals surface area contributed by atoms with E-state index in [9.17, 15) is 0 Å². The second-order valence-electron chi connectivity index (χ2n) is 7.46. The molecule has 0 spiro atoms. The molecule has 4 heteroatoms. The van der Waals surface area contributed by atoms with Crippen LogP contribution in [0.15, 0.2) is 54.9 Å². The van der Waals surface area contributed by atoms with E-state index in [-0.39, 0.29) is 5.41 Å². The Labute approximate surface area is 147 Å². The monoisotopic (exact) mass is 330 g/mol. The molecule has 0 saturated heterocycles. The Morgan fingerprint density at radius 3 is 2.72 bits per heavy atom. The van der Waals surface area contributed by atoms with Crippen LogP contribution in [0.4, 0.5) is 5.82 Å². The normalized spacial score (nSPS) is 12.0. The van der Waals surface area contributed by atoms with Crippen molar-refractivity contribution in [2.24, 2.45) is 0 Å². The molecule has 0 bridgehead atoms. The second-order valence-corrected chi connectivity index (χ2v) is 7.46. The lowest BCUT2D eigenvalue weighted by atomic mass is 9.87. The van der Waals surface area contributed by atoms with Crippen LogP contribution in [0.3, 0.4) is 0 Å². The summed E-state index contributed by atoms with van der Waals surface area (Å²) in [5.41, 5.74) is 5.58. The molecule has 4 rings (SSSR count). The summed E-state index contributed by atoms with van der Waals surface area (Å²) in [5, 5.41) is 4.61. The fraction of sp³-hybridized carbons (Fsp3) is 0.238. The van der Waals surface area contributed by atoms with E-state index in [0.29, 0.717) is 6.54 Å². The number of benzene rings is 2. The predicted octanol–water partition coefficient (Wildman–Crippen LogP) is 5.02. The number of nitrogens with one attached hydrogen (secondary N) is 2. The number of aromatic amines is 1. The van der Waals surface area contributed by atoms with Crippen molar-refractivity contribution >= 4 is 27.8 Å². The zero-order valence-corrected chi connectivity index (χ0v) is 14.8. The number of aromatic nitrogens is 3. The van der Waals surface area contributed by atoms with Gasteiger partial charge in [0, 0.05) is 18.3 Å². The highest BCUT2D eigenvalue weighted by molar-refractivity contribution is 5.80. The van der Waals surface area contributed by atoms with Crippen molar-refractivity contribution in [3.05, 3.63) is 66.0 Å². The molecule has 0 unspecified atom stereocenters. The van der Waals surface area contributed by atoms with Gasteiger partial charge in [0.05, 0.1) is 17.2 Å². The van der Waals surface area contributed by atoms with Crippen LogP contribution in [0.5, 0.6) is 0 Å². The first-order valence-corrected chi connectivity index (χ1v) is 8.56. The maximum atomic E-state index is 4.74. The first-order valence-electron chi connectivity index (χ1n) is 8.56. The minimum Gasteiger partial charge on any atom is -0.365 e. The van der Waals surface area contributed by atoms with E-state index in [2.05, 4.69) is 72.5 Å². The molecule has 2 aromatic carbocycles. The number of fused-ring (bicyclic) bond motifs is 2. The molecule has 2 aromatic heterocycles. The van der Waals surface area contributed by atoms with Crippen LogP contribution >= 0.6 is 0 Å². The number of hydrogen-bond acceptors (Lipinski definition) is 3. The minimum absolute atomic E-state index is 0.102. The number of hydrogen-bond donors (Lipinski definition) is 2. The number of rotatable bonds is 3. The predicted molar refractivity (Wildman–Crippen MR) is 104 cm³/mol. The molecule has 4 nitrogen and oxygen atoms in total. The van der Waals surface area contributed by atoms with Gasteiger partial charge in [0.25, 0.3) is 0 Å². The van der Waals surface area contributed by atoms with Gasteiger partial charge < -0.3 is 10.3 Å². The molecule has 0 amide bonds. The van der Waals surface area contributed by atoms with Crippen LogP contribution in [-0.4, -0.2) is 15.0 Å². The molecule has 0 fully saturated rings. The number of nitrogens with zero attached hydrogens (tertiary/aromatic N) is 2. The third-order valence-corrected chi connectivity index (χ3v) is 4.50. The van der Waals surface area contributed by atoms with Crippen molar-refractivity contribution in [1.82, 2.24) is 15.0 Å². The Hall–Kier alpha value is -2.88. The summed E-state index contributed by atoms with van der Waals surface area (Å²) in [6, 6.07) is 14.8. The highest BCUT2D eigenvalue weighted by Gasteiger charge is 2.14. The largest absolute Gasteiger partial charge is 0.365 e. The van der Waals surface area contributed by atoms with Gasteiger partial charge in [-0.3, -0.25) is 4.98 Å². The first-order chi connectivity index (χ1) is 12.0. The maximum Gasteiger partial charge on any atom is 0.145 e. The molecule has 4 aromatic rings. The van der Waals surface area contributed by atoms with Crippen LogP contribution in [0, 0.1) is 0 Å². The Kier molecular flexibility index (Phi) is 3.68. The lowest BCUT2D eigenvalue weighted by Gasteiger charge is -2.19. The lowest BCUT2D eigenvalue weighted by molar-refractivity contribution is 0.591. The van der Waals surface area contributed by atoms with Gasteiger partial charge >= 0.3 is 0 Å². The van der Waals surface area contributed by atoms with Gasteiger partial charge in [-0.15, -0.1) is 0 Å². The fourth-order valence-corrected chi connectivity index (χ4v) is 2.96. The third kappa shape index (κ3) is 3.20. The van der Waals surface area contributed by atoms with Crippen LogP contribution in [-0.2, 0) is 12.0 Å². The molecule has 2 heterocycles. The highest BCUT2D eigenvalue weighted by Crippen LogP contribution is 2.25. The molecule has 0 saturated carbocycles. The van der Waals surface area contributed by atoms with Crippen molar-refractivity contribution < 1.29 is 0 Å². The van der Waals surface area contributed by atoms with Gasteiger partial charge in [-0.1, -0.05) is 39.0 Å². The summed E-state index contributed by atoms with van der Waals surface area (Å²) in [7, 11) is 0. The molecule has 2 N–H and O–H groups in total. The summed E-state index contributed by atoms with van der Waals surface area (Å²) < 4.78 is 0. The lowest BCUT2D eigenvalue weighted by Crippen LogP contribution is -2.11. The SMILES string of the molecule is CC(C)(C)c1ccc2ncc(NCc3ccc4cc[nH]c4c3)nc2c1. The Morgan fingerprint density at radius 1 is 1.00 bits per heavy atom. The molecule has 25 heavy (non-hydrogen) atoms. The summed E-state index contributed by atoms with van der Waals surface area (Å²) in [4.78, 5) is 12.5. The molecule has 0 atom stereocenters. The van der Waals surface area contributed by atoms with E-state index in [1.165, 1.54) is 16.5 Å². The van der Waals surface area contributed by atoms with E-state index in [4.69, 9.17) is 4.98 Å². The van der Waals surface area contributed by atoms with Crippen molar-refractivity contribution in [3.8, 4) is 0 Å². The van der Waals surface area contributed by atoms with Crippen LogP contribution in [0.1, 0.15) is 31.9 Å². The number of H-pyrrole nitrogens is 1. The van der Waals surface area contributed by atoms with E-state index in [0.717, 1.165) is 22.4 Å². The number of anilines is 1. The van der Waals surface area contributed by atoms with Gasteiger partial charge in [-0.05, 0) is 46.2 Å². The van der Waals surface area contributed by atoms with E-state index in [1.54, 1.807) is 6.20 Å². The Balaban J connectivity index is 1.58. The Morgan fingerprint density at radius 2 is 1.88 bits per heavy atom. The fourth-order valence-electron chi connectivity index (χ4n) is 2.96. The smallest absolute Gasteiger partial charge is 0.145 e. The van der Waals surface area contributed by atoms with E-state index < -0.39 is 0 Å².